The molecule has 2 aromatic rings. The van der Waals surface area contributed by atoms with Crippen molar-refractivity contribution in [3.8, 4) is 0 Å². The zero-order valence-electron chi connectivity index (χ0n) is 10.7. The lowest BCUT2D eigenvalue weighted by Crippen LogP contribution is -1.92. The average Bonchev–Trinajstić information content (AvgIpc) is 2.66. The summed E-state index contributed by atoms with van der Waals surface area (Å²) in [6.07, 6.45) is 2.04. The topological polar surface area (TPSA) is 24.9 Å². The van der Waals surface area contributed by atoms with Gasteiger partial charge in [0.05, 0.1) is 5.69 Å². The van der Waals surface area contributed by atoms with Gasteiger partial charge in [0.25, 0.3) is 0 Å². The van der Waals surface area contributed by atoms with Crippen LogP contribution >= 0.6 is 22.9 Å². The van der Waals surface area contributed by atoms with Crippen molar-refractivity contribution >= 4 is 33.8 Å². The number of hydrogen-bond acceptors (Lipinski definition) is 3. The summed E-state index contributed by atoms with van der Waals surface area (Å²) in [6, 6.07) is 8.43. The molecule has 2 rings (SSSR count). The largest absolute Gasteiger partial charge is 0.332 e. The minimum atomic E-state index is 0.711. The summed E-state index contributed by atoms with van der Waals surface area (Å²) >= 11 is 7.41. The summed E-state index contributed by atoms with van der Waals surface area (Å²) in [5.41, 5.74) is 3.50. The molecule has 96 valence electrons. The molecule has 1 N–H and O–H groups in total. The summed E-state index contributed by atoms with van der Waals surface area (Å²) in [6.45, 7) is 4.13. The molecule has 0 aliphatic heterocycles. The molecule has 1 aromatic carbocycles. The molecule has 0 atom stereocenters. The van der Waals surface area contributed by atoms with Crippen LogP contribution in [0.5, 0.6) is 0 Å². The number of nitrogens with zero attached hydrogens (tertiary/aromatic N) is 1. The summed E-state index contributed by atoms with van der Waals surface area (Å²) in [4.78, 5) is 5.74. The second-order valence-electron chi connectivity index (χ2n) is 4.28. The fraction of sp³-hybridized carbons (Fsp3) is 0.357. The highest BCUT2D eigenvalue weighted by Gasteiger charge is 2.04. The Kier molecular flexibility index (Phi) is 4.61. The molecule has 0 bridgehead atoms. The van der Waals surface area contributed by atoms with Crippen molar-refractivity contribution in [1.29, 1.82) is 0 Å². The first-order valence-electron chi connectivity index (χ1n) is 6.05. The van der Waals surface area contributed by atoms with Gasteiger partial charge in [0.2, 0.25) is 0 Å². The second-order valence-corrected chi connectivity index (χ2v) is 5.86. The van der Waals surface area contributed by atoms with E-state index in [1.54, 1.807) is 11.3 Å². The van der Waals surface area contributed by atoms with Gasteiger partial charge < -0.3 is 5.32 Å². The van der Waals surface area contributed by atoms with Crippen molar-refractivity contribution in [3.05, 3.63) is 40.4 Å². The van der Waals surface area contributed by atoms with Gasteiger partial charge in [0.1, 0.15) is 0 Å². The molecule has 0 saturated carbocycles. The molecule has 0 aliphatic rings. The van der Waals surface area contributed by atoms with E-state index in [0.717, 1.165) is 29.4 Å². The first-order chi connectivity index (χ1) is 8.69. The van der Waals surface area contributed by atoms with Crippen molar-refractivity contribution in [1.82, 2.24) is 4.98 Å². The van der Waals surface area contributed by atoms with E-state index >= 15 is 0 Å². The zero-order chi connectivity index (χ0) is 13.0. The number of benzene rings is 1. The number of anilines is 2. The van der Waals surface area contributed by atoms with Gasteiger partial charge in [0, 0.05) is 16.4 Å². The zero-order valence-corrected chi connectivity index (χ0v) is 12.2. The van der Waals surface area contributed by atoms with Crippen LogP contribution in [0.25, 0.3) is 0 Å². The number of thiazole rings is 1. The minimum Gasteiger partial charge on any atom is -0.332 e. The lowest BCUT2D eigenvalue weighted by molar-refractivity contribution is 0.929. The summed E-state index contributed by atoms with van der Waals surface area (Å²) in [7, 11) is 0. The van der Waals surface area contributed by atoms with E-state index in [-0.39, 0.29) is 0 Å². The Morgan fingerprint density at radius 2 is 2.17 bits per heavy atom. The number of halogens is 1. The van der Waals surface area contributed by atoms with Gasteiger partial charge in [0.15, 0.2) is 5.13 Å². The molecular weight excluding hydrogens is 264 g/mol. The Balaban J connectivity index is 2.09. The SMILES string of the molecule is Cc1nc(Nc2cccc(CCCCl)c2)sc1C. The fourth-order valence-corrected chi connectivity index (χ4v) is 2.69. The van der Waals surface area contributed by atoms with Crippen LogP contribution in [0.3, 0.4) is 0 Å². The number of rotatable bonds is 5. The molecule has 1 aromatic heterocycles. The van der Waals surface area contributed by atoms with Crippen LogP contribution in [0, 0.1) is 13.8 Å². The molecule has 18 heavy (non-hydrogen) atoms. The van der Waals surface area contributed by atoms with Crippen LogP contribution in [-0.4, -0.2) is 10.9 Å². The first-order valence-corrected chi connectivity index (χ1v) is 7.40. The smallest absolute Gasteiger partial charge is 0.187 e. The van der Waals surface area contributed by atoms with Gasteiger partial charge >= 0.3 is 0 Å². The third kappa shape index (κ3) is 3.47. The van der Waals surface area contributed by atoms with Gasteiger partial charge in [-0.3, -0.25) is 0 Å². The van der Waals surface area contributed by atoms with Crippen molar-refractivity contribution < 1.29 is 0 Å². The Bertz CT molecular complexity index is 503. The van der Waals surface area contributed by atoms with Crippen molar-refractivity contribution in [2.24, 2.45) is 0 Å². The summed E-state index contributed by atoms with van der Waals surface area (Å²) in [5.74, 6) is 0.711. The van der Waals surface area contributed by atoms with Crippen LogP contribution in [0.1, 0.15) is 22.6 Å². The van der Waals surface area contributed by atoms with Gasteiger partial charge in [-0.05, 0) is 44.4 Å². The van der Waals surface area contributed by atoms with Crippen molar-refractivity contribution in [2.45, 2.75) is 26.7 Å². The maximum Gasteiger partial charge on any atom is 0.187 e. The lowest BCUT2D eigenvalue weighted by atomic mass is 10.1. The maximum atomic E-state index is 5.72. The normalized spacial score (nSPS) is 10.6. The Morgan fingerprint density at radius 1 is 1.33 bits per heavy atom. The number of alkyl halides is 1. The monoisotopic (exact) mass is 280 g/mol. The number of aryl methyl sites for hydroxylation is 3. The van der Waals surface area contributed by atoms with Gasteiger partial charge in [-0.25, -0.2) is 4.98 Å². The molecule has 4 heteroatoms. The summed E-state index contributed by atoms with van der Waals surface area (Å²) in [5, 5.41) is 4.31. The van der Waals surface area contributed by atoms with E-state index in [0.29, 0.717) is 5.88 Å². The Morgan fingerprint density at radius 3 is 2.83 bits per heavy atom. The predicted molar refractivity (Wildman–Crippen MR) is 80.4 cm³/mol. The standard InChI is InChI=1S/C14H17ClN2S/c1-10-11(2)18-14(16-10)17-13-7-3-5-12(9-13)6-4-8-15/h3,5,7,9H,4,6,8H2,1-2H3,(H,16,17). The van der Waals surface area contributed by atoms with Crippen molar-refractivity contribution in [3.63, 3.8) is 0 Å². The number of nitrogens with one attached hydrogen (secondary N) is 1. The molecule has 0 aliphatic carbocycles. The van der Waals surface area contributed by atoms with Crippen LogP contribution < -0.4 is 5.32 Å². The fourth-order valence-electron chi connectivity index (χ4n) is 1.73. The number of hydrogen-bond donors (Lipinski definition) is 1. The lowest BCUT2D eigenvalue weighted by Gasteiger charge is -2.05. The second kappa shape index (κ2) is 6.21. The molecular formula is C14H17ClN2S. The van der Waals surface area contributed by atoms with Gasteiger partial charge in [-0.1, -0.05) is 12.1 Å². The van der Waals surface area contributed by atoms with E-state index in [9.17, 15) is 0 Å². The minimum absolute atomic E-state index is 0.711. The average molecular weight is 281 g/mol. The Labute approximate surface area is 117 Å². The van der Waals surface area contributed by atoms with E-state index in [1.165, 1.54) is 10.4 Å². The highest BCUT2D eigenvalue weighted by molar-refractivity contribution is 7.15. The maximum absolute atomic E-state index is 5.72. The van der Waals surface area contributed by atoms with Gasteiger partial charge in [-0.2, -0.15) is 0 Å². The molecule has 0 unspecified atom stereocenters. The van der Waals surface area contributed by atoms with Crippen LogP contribution in [0.4, 0.5) is 10.8 Å². The molecule has 0 fully saturated rings. The van der Waals surface area contributed by atoms with E-state index in [2.05, 4.69) is 41.5 Å². The molecule has 1 heterocycles. The summed E-state index contributed by atoms with van der Waals surface area (Å²) < 4.78 is 0. The number of aromatic nitrogens is 1. The van der Waals surface area contributed by atoms with Gasteiger partial charge in [-0.15, -0.1) is 22.9 Å². The third-order valence-corrected chi connectivity index (χ3v) is 4.06. The van der Waals surface area contributed by atoms with Crippen LogP contribution in [0.15, 0.2) is 24.3 Å². The van der Waals surface area contributed by atoms with Crippen LogP contribution in [0.2, 0.25) is 0 Å². The van der Waals surface area contributed by atoms with E-state index < -0.39 is 0 Å². The third-order valence-electron chi connectivity index (χ3n) is 2.81. The predicted octanol–water partition coefficient (Wildman–Crippen LogP) is 4.67. The molecule has 2 nitrogen and oxygen atoms in total. The first kappa shape index (κ1) is 13.4. The highest BCUT2D eigenvalue weighted by Crippen LogP contribution is 2.25. The molecule has 0 spiro atoms. The Hall–Kier alpha value is -1.06. The highest BCUT2D eigenvalue weighted by atomic mass is 35.5. The molecule has 0 amide bonds. The quantitative estimate of drug-likeness (QED) is 0.805. The molecule has 0 radical (unpaired) electrons. The van der Waals surface area contributed by atoms with Crippen molar-refractivity contribution in [2.75, 3.05) is 11.2 Å². The van der Waals surface area contributed by atoms with E-state index in [1.807, 2.05) is 6.92 Å². The molecule has 0 saturated heterocycles. The van der Waals surface area contributed by atoms with Crippen LogP contribution in [-0.2, 0) is 6.42 Å². The van der Waals surface area contributed by atoms with E-state index in [4.69, 9.17) is 11.6 Å².